The van der Waals surface area contributed by atoms with Crippen molar-refractivity contribution >= 4 is 17.2 Å². The maximum absolute atomic E-state index is 11.9. The van der Waals surface area contributed by atoms with E-state index >= 15 is 0 Å². The molecule has 0 amide bonds. The summed E-state index contributed by atoms with van der Waals surface area (Å²) in [5.74, 6) is 0.220. The maximum atomic E-state index is 11.9. The zero-order valence-electron chi connectivity index (χ0n) is 10.8. The van der Waals surface area contributed by atoms with Gasteiger partial charge in [0.15, 0.2) is 0 Å². The molecule has 0 atom stereocenters. The number of rotatable bonds is 2. The molecule has 0 saturated carbocycles. The van der Waals surface area contributed by atoms with Crippen LogP contribution in [0.3, 0.4) is 0 Å². The molecule has 3 aromatic rings. The lowest BCUT2D eigenvalue weighted by atomic mass is 10.2. The normalized spacial score (nSPS) is 10.7. The summed E-state index contributed by atoms with van der Waals surface area (Å²) in [6.07, 6.45) is 1.62. The summed E-state index contributed by atoms with van der Waals surface area (Å²) >= 11 is 1.58. The highest BCUT2D eigenvalue weighted by Crippen LogP contribution is 2.25. The molecule has 0 aliphatic rings. The molecule has 0 spiro atoms. The molecule has 0 unspecified atom stereocenters. The van der Waals surface area contributed by atoms with Crippen molar-refractivity contribution < 1.29 is 0 Å². The van der Waals surface area contributed by atoms with E-state index in [9.17, 15) is 4.79 Å². The van der Waals surface area contributed by atoms with E-state index in [4.69, 9.17) is 5.73 Å². The van der Waals surface area contributed by atoms with Crippen molar-refractivity contribution in [2.24, 2.45) is 0 Å². The summed E-state index contributed by atoms with van der Waals surface area (Å²) in [5, 5.41) is 2.93. The molecular weight excluding hydrogens is 272 g/mol. The summed E-state index contributed by atoms with van der Waals surface area (Å²) in [6.45, 7) is 1.96. The van der Waals surface area contributed by atoms with Gasteiger partial charge in [0.2, 0.25) is 0 Å². The molecule has 2 aromatic heterocycles. The van der Waals surface area contributed by atoms with Crippen molar-refractivity contribution in [3.63, 3.8) is 0 Å². The number of benzene rings is 1. The lowest BCUT2D eigenvalue weighted by Crippen LogP contribution is -2.21. The summed E-state index contributed by atoms with van der Waals surface area (Å²) < 4.78 is 1.46. The van der Waals surface area contributed by atoms with Crippen LogP contribution in [0.2, 0.25) is 0 Å². The van der Waals surface area contributed by atoms with Gasteiger partial charge in [-0.25, -0.2) is 9.78 Å². The lowest BCUT2D eigenvalue weighted by molar-refractivity contribution is 0.920. The second-order valence-corrected chi connectivity index (χ2v) is 5.21. The smallest absolute Gasteiger partial charge is 0.354 e. The van der Waals surface area contributed by atoms with Crippen LogP contribution in [0.15, 0.2) is 46.7 Å². The van der Waals surface area contributed by atoms with Crippen molar-refractivity contribution in [1.82, 2.24) is 14.5 Å². The van der Waals surface area contributed by atoms with Crippen molar-refractivity contribution in [2.75, 3.05) is 5.73 Å². The Morgan fingerprint density at radius 3 is 2.80 bits per heavy atom. The van der Waals surface area contributed by atoms with Gasteiger partial charge < -0.3 is 5.73 Å². The molecule has 1 aromatic carbocycles. The summed E-state index contributed by atoms with van der Waals surface area (Å²) in [5.41, 5.74) is 7.81. The minimum absolute atomic E-state index is 0.220. The zero-order chi connectivity index (χ0) is 14.1. The first kappa shape index (κ1) is 12.6. The average Bonchev–Trinajstić information content (AvgIpc) is 2.86. The van der Waals surface area contributed by atoms with E-state index in [2.05, 4.69) is 9.97 Å². The molecule has 2 heterocycles. The Bertz CT molecular complexity index is 822. The first-order valence-corrected chi connectivity index (χ1v) is 6.89. The van der Waals surface area contributed by atoms with Crippen LogP contribution >= 0.6 is 11.3 Å². The molecule has 0 bridgehead atoms. The van der Waals surface area contributed by atoms with Gasteiger partial charge in [-0.15, -0.1) is 11.3 Å². The second kappa shape index (κ2) is 4.90. The van der Waals surface area contributed by atoms with Crippen LogP contribution in [-0.4, -0.2) is 14.5 Å². The van der Waals surface area contributed by atoms with Crippen LogP contribution in [0.25, 0.3) is 16.3 Å². The van der Waals surface area contributed by atoms with Crippen molar-refractivity contribution in [1.29, 1.82) is 0 Å². The Balaban J connectivity index is 2.09. The number of hydrogen-bond acceptors (Lipinski definition) is 5. The Kier molecular flexibility index (Phi) is 3.08. The van der Waals surface area contributed by atoms with Gasteiger partial charge in [0.05, 0.1) is 5.69 Å². The number of hydrogen-bond donors (Lipinski definition) is 1. The standard InChI is InChI=1S/C14H12N4OS/c1-9-8-20-13(16-9)10-3-2-4-11(7-10)18-6-5-12(15)17-14(18)19/h2-8H,1H3,(H2,15,17,19). The highest BCUT2D eigenvalue weighted by molar-refractivity contribution is 7.13. The van der Waals surface area contributed by atoms with Gasteiger partial charge in [-0.2, -0.15) is 4.98 Å². The van der Waals surface area contributed by atoms with Gasteiger partial charge in [0.1, 0.15) is 10.8 Å². The molecule has 5 nitrogen and oxygen atoms in total. The number of aromatic nitrogens is 3. The Labute approximate surface area is 119 Å². The molecule has 0 saturated heterocycles. The first-order valence-electron chi connectivity index (χ1n) is 6.01. The molecule has 0 aliphatic carbocycles. The van der Waals surface area contributed by atoms with Gasteiger partial charge in [-0.1, -0.05) is 12.1 Å². The van der Waals surface area contributed by atoms with Crippen LogP contribution in [0.5, 0.6) is 0 Å². The van der Waals surface area contributed by atoms with Crippen LogP contribution in [0.1, 0.15) is 5.69 Å². The van der Waals surface area contributed by atoms with E-state index in [1.165, 1.54) is 4.57 Å². The Hall–Kier alpha value is -2.47. The SMILES string of the molecule is Cc1csc(-c2cccc(-n3ccc(N)nc3=O)c2)n1. The van der Waals surface area contributed by atoms with Gasteiger partial charge in [-0.05, 0) is 25.1 Å². The maximum Gasteiger partial charge on any atom is 0.354 e. The van der Waals surface area contributed by atoms with E-state index in [1.54, 1.807) is 23.6 Å². The van der Waals surface area contributed by atoms with E-state index in [-0.39, 0.29) is 5.82 Å². The van der Waals surface area contributed by atoms with Crippen LogP contribution in [-0.2, 0) is 0 Å². The number of nitrogen functional groups attached to an aromatic ring is 1. The fourth-order valence-corrected chi connectivity index (χ4v) is 2.68. The van der Waals surface area contributed by atoms with Gasteiger partial charge in [0, 0.05) is 22.8 Å². The average molecular weight is 284 g/mol. The van der Waals surface area contributed by atoms with Crippen molar-refractivity contribution in [2.45, 2.75) is 6.92 Å². The minimum atomic E-state index is -0.391. The Morgan fingerprint density at radius 2 is 2.10 bits per heavy atom. The topological polar surface area (TPSA) is 73.8 Å². The number of nitrogens with zero attached hydrogens (tertiary/aromatic N) is 3. The lowest BCUT2D eigenvalue weighted by Gasteiger charge is -2.06. The van der Waals surface area contributed by atoms with Gasteiger partial charge in [-0.3, -0.25) is 4.57 Å². The summed E-state index contributed by atoms with van der Waals surface area (Å²) in [7, 11) is 0. The van der Waals surface area contributed by atoms with Gasteiger partial charge in [0.25, 0.3) is 0 Å². The summed E-state index contributed by atoms with van der Waals surface area (Å²) in [4.78, 5) is 20.0. The highest BCUT2D eigenvalue weighted by Gasteiger charge is 2.06. The molecule has 6 heteroatoms. The molecule has 0 fully saturated rings. The quantitative estimate of drug-likeness (QED) is 0.783. The molecule has 0 aliphatic heterocycles. The third-order valence-electron chi connectivity index (χ3n) is 2.82. The number of anilines is 1. The van der Waals surface area contributed by atoms with E-state index in [0.29, 0.717) is 0 Å². The predicted molar refractivity (Wildman–Crippen MR) is 80.1 cm³/mol. The number of nitrogens with two attached hydrogens (primary N) is 1. The minimum Gasteiger partial charge on any atom is -0.383 e. The van der Waals surface area contributed by atoms with Crippen molar-refractivity contribution in [3.8, 4) is 16.3 Å². The predicted octanol–water partition coefficient (Wildman–Crippen LogP) is 2.25. The largest absolute Gasteiger partial charge is 0.383 e. The highest BCUT2D eigenvalue weighted by atomic mass is 32.1. The molecule has 20 heavy (non-hydrogen) atoms. The number of aryl methyl sites for hydroxylation is 1. The monoisotopic (exact) mass is 284 g/mol. The molecule has 2 N–H and O–H groups in total. The fourth-order valence-electron chi connectivity index (χ4n) is 1.89. The van der Waals surface area contributed by atoms with E-state index in [0.717, 1.165) is 22.0 Å². The third-order valence-corrected chi connectivity index (χ3v) is 3.82. The molecule has 100 valence electrons. The van der Waals surface area contributed by atoms with E-state index < -0.39 is 5.69 Å². The molecule has 0 radical (unpaired) electrons. The third kappa shape index (κ3) is 2.33. The first-order chi connectivity index (χ1) is 9.63. The van der Waals surface area contributed by atoms with Crippen molar-refractivity contribution in [3.05, 3.63) is 58.1 Å². The molecule has 3 rings (SSSR count). The van der Waals surface area contributed by atoms with E-state index in [1.807, 2.05) is 36.6 Å². The van der Waals surface area contributed by atoms with Crippen LogP contribution in [0, 0.1) is 6.92 Å². The van der Waals surface area contributed by atoms with Gasteiger partial charge >= 0.3 is 5.69 Å². The van der Waals surface area contributed by atoms with Crippen LogP contribution in [0.4, 0.5) is 5.82 Å². The zero-order valence-corrected chi connectivity index (χ0v) is 11.6. The fraction of sp³-hybridized carbons (Fsp3) is 0.0714. The van der Waals surface area contributed by atoms with Crippen LogP contribution < -0.4 is 11.4 Å². The Morgan fingerprint density at radius 1 is 1.25 bits per heavy atom. The number of thiazole rings is 1. The second-order valence-electron chi connectivity index (χ2n) is 4.35. The molecular formula is C14H12N4OS. The summed E-state index contributed by atoms with van der Waals surface area (Å²) in [6, 6.07) is 9.23.